The molecule has 0 bridgehead atoms. The van der Waals surface area contributed by atoms with Gasteiger partial charge in [0.25, 0.3) is 0 Å². The molecule has 0 atom stereocenters. The fraction of sp³-hybridized carbons (Fsp3) is 0.0909. The maximum atomic E-state index is 14.0. The lowest BCUT2D eigenvalue weighted by Gasteiger charge is -2.12. The third-order valence-electron chi connectivity index (χ3n) is 4.31. The van der Waals surface area contributed by atoms with E-state index in [2.05, 4.69) is 10.2 Å². The molecule has 0 spiro atoms. The number of ether oxygens (including phenoxy) is 1. The first-order valence-corrected chi connectivity index (χ1v) is 9.77. The molecule has 0 unspecified atom stereocenters. The van der Waals surface area contributed by atoms with E-state index in [1.165, 1.54) is 17.8 Å². The van der Waals surface area contributed by atoms with Crippen molar-refractivity contribution < 1.29 is 9.13 Å². The van der Waals surface area contributed by atoms with E-state index in [0.29, 0.717) is 22.3 Å². The number of benzene rings is 3. The predicted molar refractivity (Wildman–Crippen MR) is 109 cm³/mol. The average molecular weight is 391 g/mol. The molecule has 0 aliphatic heterocycles. The molecular formula is C22H18FN3OS. The molecule has 4 nitrogen and oxygen atoms in total. The van der Waals surface area contributed by atoms with Crippen molar-refractivity contribution in [1.29, 1.82) is 0 Å². The molecule has 0 N–H and O–H groups in total. The summed E-state index contributed by atoms with van der Waals surface area (Å²) in [5, 5.41) is 9.50. The minimum atomic E-state index is -0.217. The predicted octanol–water partition coefficient (Wildman–Crippen LogP) is 5.37. The summed E-state index contributed by atoms with van der Waals surface area (Å²) in [7, 11) is 1.63. The molecule has 0 saturated carbocycles. The molecule has 0 aliphatic rings. The Morgan fingerprint density at radius 1 is 0.893 bits per heavy atom. The first-order valence-electron chi connectivity index (χ1n) is 8.78. The van der Waals surface area contributed by atoms with Crippen LogP contribution >= 0.6 is 11.8 Å². The van der Waals surface area contributed by atoms with Crippen molar-refractivity contribution in [3.05, 3.63) is 90.2 Å². The second-order valence-corrected chi connectivity index (χ2v) is 7.00. The van der Waals surface area contributed by atoms with Gasteiger partial charge in [0.2, 0.25) is 0 Å². The van der Waals surface area contributed by atoms with Gasteiger partial charge in [-0.05, 0) is 35.9 Å². The van der Waals surface area contributed by atoms with Gasteiger partial charge in [0.15, 0.2) is 11.0 Å². The van der Waals surface area contributed by atoms with Crippen LogP contribution in [0.4, 0.5) is 4.39 Å². The van der Waals surface area contributed by atoms with E-state index in [0.717, 1.165) is 17.0 Å². The molecule has 28 heavy (non-hydrogen) atoms. The van der Waals surface area contributed by atoms with Crippen molar-refractivity contribution in [1.82, 2.24) is 14.8 Å². The van der Waals surface area contributed by atoms with Gasteiger partial charge in [0.05, 0.1) is 12.7 Å². The topological polar surface area (TPSA) is 39.9 Å². The van der Waals surface area contributed by atoms with Crippen LogP contribution < -0.4 is 4.74 Å². The number of nitrogens with zero attached hydrogens (tertiary/aromatic N) is 3. The van der Waals surface area contributed by atoms with E-state index < -0.39 is 0 Å². The number of thioether (sulfide) groups is 1. The van der Waals surface area contributed by atoms with E-state index in [9.17, 15) is 4.39 Å². The van der Waals surface area contributed by atoms with Crippen molar-refractivity contribution in [3.63, 3.8) is 0 Å². The first kappa shape index (κ1) is 18.3. The SMILES string of the molecule is COc1ccccc1-c1nnc(SCc2ccccc2F)n1-c1ccccc1. The number of rotatable bonds is 6. The number of halogens is 1. The standard InChI is InChI=1S/C22H18FN3OS/c1-27-20-14-8-6-12-18(20)21-24-25-22(26(21)17-10-3-2-4-11-17)28-15-16-9-5-7-13-19(16)23/h2-14H,15H2,1H3. The van der Waals surface area contributed by atoms with Crippen molar-refractivity contribution in [2.24, 2.45) is 0 Å². The van der Waals surface area contributed by atoms with Gasteiger partial charge in [0.1, 0.15) is 11.6 Å². The maximum Gasteiger partial charge on any atom is 0.196 e. The number of methoxy groups -OCH3 is 1. The number of hydrogen-bond donors (Lipinski definition) is 0. The number of para-hydroxylation sites is 2. The van der Waals surface area contributed by atoms with Crippen LogP contribution in [0.5, 0.6) is 5.75 Å². The summed E-state index contributed by atoms with van der Waals surface area (Å²) < 4.78 is 21.5. The van der Waals surface area contributed by atoms with Crippen LogP contribution in [0.3, 0.4) is 0 Å². The summed E-state index contributed by atoms with van der Waals surface area (Å²) in [5.74, 6) is 1.65. The molecule has 1 aromatic heterocycles. The van der Waals surface area contributed by atoms with Crippen molar-refractivity contribution in [2.45, 2.75) is 10.9 Å². The fourth-order valence-electron chi connectivity index (χ4n) is 2.93. The highest BCUT2D eigenvalue weighted by molar-refractivity contribution is 7.98. The maximum absolute atomic E-state index is 14.0. The molecular weight excluding hydrogens is 373 g/mol. The van der Waals surface area contributed by atoms with E-state index in [1.807, 2.05) is 65.2 Å². The summed E-state index contributed by atoms with van der Waals surface area (Å²) in [5.41, 5.74) is 2.41. The molecule has 1 heterocycles. The van der Waals surface area contributed by atoms with Gasteiger partial charge in [-0.2, -0.15) is 0 Å². The van der Waals surface area contributed by atoms with Gasteiger partial charge in [-0.25, -0.2) is 4.39 Å². The molecule has 4 aromatic rings. The van der Waals surface area contributed by atoms with Crippen LogP contribution in [-0.4, -0.2) is 21.9 Å². The minimum Gasteiger partial charge on any atom is -0.496 e. The van der Waals surface area contributed by atoms with Crippen LogP contribution in [0.25, 0.3) is 17.1 Å². The summed E-state index contributed by atoms with van der Waals surface area (Å²) >= 11 is 1.45. The zero-order valence-electron chi connectivity index (χ0n) is 15.2. The lowest BCUT2D eigenvalue weighted by Crippen LogP contribution is -2.01. The van der Waals surface area contributed by atoms with Gasteiger partial charge in [-0.15, -0.1) is 10.2 Å². The summed E-state index contributed by atoms with van der Waals surface area (Å²) in [6.45, 7) is 0. The van der Waals surface area contributed by atoms with Gasteiger partial charge >= 0.3 is 0 Å². The van der Waals surface area contributed by atoms with E-state index in [-0.39, 0.29) is 5.82 Å². The average Bonchev–Trinajstić information content (AvgIpc) is 3.17. The van der Waals surface area contributed by atoms with E-state index >= 15 is 0 Å². The normalized spacial score (nSPS) is 10.8. The molecule has 0 aliphatic carbocycles. The third kappa shape index (κ3) is 3.64. The molecule has 0 amide bonds. The van der Waals surface area contributed by atoms with Crippen LogP contribution in [0.15, 0.2) is 84.0 Å². The zero-order valence-corrected chi connectivity index (χ0v) is 16.1. The van der Waals surface area contributed by atoms with Crippen molar-refractivity contribution in [2.75, 3.05) is 7.11 Å². The number of aromatic nitrogens is 3. The smallest absolute Gasteiger partial charge is 0.196 e. The van der Waals surface area contributed by atoms with Crippen LogP contribution in [0.2, 0.25) is 0 Å². The Labute approximate surface area is 167 Å². The molecule has 0 saturated heterocycles. The Morgan fingerprint density at radius 3 is 2.39 bits per heavy atom. The second kappa shape index (κ2) is 8.27. The molecule has 4 rings (SSSR count). The Morgan fingerprint density at radius 2 is 1.61 bits per heavy atom. The Balaban J connectivity index is 1.77. The Kier molecular flexibility index (Phi) is 5.39. The van der Waals surface area contributed by atoms with Crippen LogP contribution in [0, 0.1) is 5.82 Å². The Bertz CT molecular complexity index is 1080. The second-order valence-electron chi connectivity index (χ2n) is 6.06. The van der Waals surface area contributed by atoms with E-state index in [1.54, 1.807) is 19.2 Å². The third-order valence-corrected chi connectivity index (χ3v) is 5.29. The quantitative estimate of drug-likeness (QED) is 0.414. The first-order chi connectivity index (χ1) is 13.8. The molecule has 0 fully saturated rings. The summed E-state index contributed by atoms with van der Waals surface area (Å²) in [4.78, 5) is 0. The van der Waals surface area contributed by atoms with Crippen LogP contribution in [0.1, 0.15) is 5.56 Å². The monoisotopic (exact) mass is 391 g/mol. The van der Waals surface area contributed by atoms with E-state index in [4.69, 9.17) is 4.74 Å². The molecule has 140 valence electrons. The highest BCUT2D eigenvalue weighted by Gasteiger charge is 2.19. The lowest BCUT2D eigenvalue weighted by atomic mass is 10.2. The fourth-order valence-corrected chi connectivity index (χ4v) is 3.87. The summed E-state index contributed by atoms with van der Waals surface area (Å²) in [6, 6.07) is 24.4. The van der Waals surface area contributed by atoms with Gasteiger partial charge < -0.3 is 4.74 Å². The highest BCUT2D eigenvalue weighted by Crippen LogP contribution is 2.34. The zero-order chi connectivity index (χ0) is 19.3. The molecule has 3 aromatic carbocycles. The van der Waals surface area contributed by atoms with Crippen molar-refractivity contribution in [3.8, 4) is 22.8 Å². The minimum absolute atomic E-state index is 0.217. The van der Waals surface area contributed by atoms with Gasteiger partial charge in [-0.1, -0.05) is 60.3 Å². The van der Waals surface area contributed by atoms with Crippen molar-refractivity contribution >= 4 is 11.8 Å². The number of hydrogen-bond acceptors (Lipinski definition) is 4. The lowest BCUT2D eigenvalue weighted by molar-refractivity contribution is 0.416. The van der Waals surface area contributed by atoms with Gasteiger partial charge in [-0.3, -0.25) is 4.57 Å². The Hall–Kier alpha value is -3.12. The van der Waals surface area contributed by atoms with Gasteiger partial charge in [0, 0.05) is 11.4 Å². The summed E-state index contributed by atoms with van der Waals surface area (Å²) in [6.07, 6.45) is 0. The largest absolute Gasteiger partial charge is 0.496 e. The molecule has 6 heteroatoms. The highest BCUT2D eigenvalue weighted by atomic mass is 32.2. The molecule has 0 radical (unpaired) electrons. The van der Waals surface area contributed by atoms with Crippen LogP contribution in [-0.2, 0) is 5.75 Å².